The van der Waals surface area contributed by atoms with Crippen molar-refractivity contribution in [3.63, 3.8) is 0 Å². The molecule has 4 unspecified atom stereocenters. The average Bonchev–Trinajstić information content (AvgIpc) is 3.46. The van der Waals surface area contributed by atoms with E-state index in [1.54, 1.807) is 0 Å². The Morgan fingerprint density at radius 3 is 2.15 bits per heavy atom. The molecule has 0 spiro atoms. The minimum Gasteiger partial charge on any atom is -0.388 e. The SMILES string of the molecule is CP(=O)(O)CCC1O[C@H](OC2CCC(CC3CCC(C4CCCC4)CC3)C2)[C@@H](O)[C@@H](O)[C@@H]1O. The van der Waals surface area contributed by atoms with Crippen LogP contribution in [0.25, 0.3) is 0 Å². The van der Waals surface area contributed by atoms with Crippen LogP contribution in [0.2, 0.25) is 0 Å². The molecule has 0 radical (unpaired) electrons. The van der Waals surface area contributed by atoms with Crippen molar-refractivity contribution in [3.05, 3.63) is 0 Å². The van der Waals surface area contributed by atoms with Gasteiger partial charge in [0.1, 0.15) is 18.3 Å². The molecule has 1 saturated heterocycles. The summed E-state index contributed by atoms with van der Waals surface area (Å²) in [5.41, 5.74) is 0. The summed E-state index contributed by atoms with van der Waals surface area (Å²) >= 11 is 0. The Labute approximate surface area is 198 Å². The molecule has 0 aromatic rings. The Hall–Kier alpha value is -0.0100. The molecule has 7 nitrogen and oxygen atoms in total. The van der Waals surface area contributed by atoms with Crippen LogP contribution in [0.15, 0.2) is 0 Å². The highest BCUT2D eigenvalue weighted by atomic mass is 31.2. The van der Waals surface area contributed by atoms with Gasteiger partial charge in [-0.25, -0.2) is 0 Å². The molecule has 192 valence electrons. The molecule has 3 aliphatic carbocycles. The molecular weight excluding hydrogens is 443 g/mol. The summed E-state index contributed by atoms with van der Waals surface area (Å²) in [5, 5.41) is 30.9. The van der Waals surface area contributed by atoms with Gasteiger partial charge in [-0.05, 0) is 68.6 Å². The summed E-state index contributed by atoms with van der Waals surface area (Å²) in [6, 6.07) is 0. The van der Waals surface area contributed by atoms with E-state index >= 15 is 0 Å². The highest BCUT2D eigenvalue weighted by Crippen LogP contribution is 2.44. The Bertz CT molecular complexity index is 655. The summed E-state index contributed by atoms with van der Waals surface area (Å²) < 4.78 is 23.5. The van der Waals surface area contributed by atoms with Crippen molar-refractivity contribution >= 4 is 7.37 Å². The lowest BCUT2D eigenvalue weighted by atomic mass is 9.73. The van der Waals surface area contributed by atoms with Gasteiger partial charge in [0.15, 0.2) is 13.7 Å². The van der Waals surface area contributed by atoms with Gasteiger partial charge in [-0.1, -0.05) is 38.5 Å². The van der Waals surface area contributed by atoms with E-state index in [2.05, 4.69) is 0 Å². The summed E-state index contributed by atoms with van der Waals surface area (Å²) in [6.45, 7) is 1.27. The first-order valence-electron chi connectivity index (χ1n) is 13.3. The highest BCUT2D eigenvalue weighted by molar-refractivity contribution is 7.57. The van der Waals surface area contributed by atoms with Crippen molar-refractivity contribution in [2.24, 2.45) is 23.7 Å². The van der Waals surface area contributed by atoms with Gasteiger partial charge in [0.25, 0.3) is 0 Å². The molecule has 4 N–H and O–H groups in total. The van der Waals surface area contributed by atoms with Gasteiger partial charge in [-0.2, -0.15) is 0 Å². The molecule has 0 bridgehead atoms. The lowest BCUT2D eigenvalue weighted by Crippen LogP contribution is -2.58. The predicted molar refractivity (Wildman–Crippen MR) is 126 cm³/mol. The quantitative estimate of drug-likeness (QED) is 0.385. The lowest BCUT2D eigenvalue weighted by Gasteiger charge is -2.41. The number of hydrogen-bond donors (Lipinski definition) is 4. The number of aliphatic hydroxyl groups is 3. The van der Waals surface area contributed by atoms with E-state index in [1.807, 2.05) is 0 Å². The molecule has 1 heterocycles. The Morgan fingerprint density at radius 2 is 1.48 bits per heavy atom. The van der Waals surface area contributed by atoms with Crippen molar-refractivity contribution in [1.29, 1.82) is 0 Å². The van der Waals surface area contributed by atoms with Crippen molar-refractivity contribution in [1.82, 2.24) is 0 Å². The summed E-state index contributed by atoms with van der Waals surface area (Å²) in [6.07, 6.45) is 9.78. The van der Waals surface area contributed by atoms with Crippen molar-refractivity contribution < 1.29 is 34.3 Å². The van der Waals surface area contributed by atoms with E-state index in [0.717, 1.165) is 37.0 Å². The number of rotatable bonds is 8. The first kappa shape index (κ1) is 26.1. The van der Waals surface area contributed by atoms with Gasteiger partial charge >= 0.3 is 0 Å². The van der Waals surface area contributed by atoms with Gasteiger partial charge in [0.2, 0.25) is 0 Å². The van der Waals surface area contributed by atoms with Gasteiger partial charge in [0.05, 0.1) is 12.2 Å². The second kappa shape index (κ2) is 11.4. The predicted octanol–water partition coefficient (Wildman–Crippen LogP) is 3.66. The van der Waals surface area contributed by atoms with Crippen LogP contribution in [0, 0.1) is 23.7 Å². The van der Waals surface area contributed by atoms with Crippen LogP contribution in [-0.2, 0) is 14.0 Å². The standard InChI is InChI=1S/C25H45O7P/c1-33(29,30)13-12-21-22(26)23(27)24(28)25(32-21)31-20-11-8-17(15-20)14-16-6-9-19(10-7-16)18-4-2-3-5-18/h16-28H,2-15H2,1H3,(H,29,30)/t16?,17?,19?,20?,21?,22-,23+,24+,25+/m1/s1. The molecule has 0 amide bonds. The topological polar surface area (TPSA) is 116 Å². The van der Waals surface area contributed by atoms with E-state index in [0.29, 0.717) is 5.92 Å². The highest BCUT2D eigenvalue weighted by Gasteiger charge is 2.46. The third-order valence-corrected chi connectivity index (χ3v) is 10.0. The molecule has 1 aliphatic heterocycles. The van der Waals surface area contributed by atoms with Crippen LogP contribution in [0.1, 0.15) is 83.5 Å². The second-order valence-corrected chi connectivity index (χ2v) is 14.1. The van der Waals surface area contributed by atoms with E-state index in [1.165, 1.54) is 64.5 Å². The average molecular weight is 489 g/mol. The fraction of sp³-hybridized carbons (Fsp3) is 1.00. The molecule has 8 heteroatoms. The fourth-order valence-electron chi connectivity index (χ4n) is 6.99. The minimum atomic E-state index is -3.26. The van der Waals surface area contributed by atoms with Crippen LogP contribution < -0.4 is 0 Å². The van der Waals surface area contributed by atoms with E-state index in [-0.39, 0.29) is 18.7 Å². The zero-order valence-corrected chi connectivity index (χ0v) is 21.0. The molecule has 0 aromatic carbocycles. The number of ether oxygens (including phenoxy) is 2. The van der Waals surface area contributed by atoms with Crippen LogP contribution in [0.5, 0.6) is 0 Å². The maximum Gasteiger partial charge on any atom is 0.197 e. The van der Waals surface area contributed by atoms with Crippen LogP contribution in [0.3, 0.4) is 0 Å². The monoisotopic (exact) mass is 488 g/mol. The maximum absolute atomic E-state index is 11.6. The van der Waals surface area contributed by atoms with Gasteiger partial charge in [0, 0.05) is 12.8 Å². The van der Waals surface area contributed by atoms with Crippen LogP contribution >= 0.6 is 7.37 Å². The number of hydrogen-bond acceptors (Lipinski definition) is 6. The van der Waals surface area contributed by atoms with Gasteiger partial charge < -0.3 is 29.7 Å². The molecule has 4 aliphatic rings. The molecule has 8 atom stereocenters. The number of aliphatic hydroxyl groups excluding tert-OH is 3. The third kappa shape index (κ3) is 7.03. The Kier molecular flexibility index (Phi) is 8.98. The second-order valence-electron chi connectivity index (χ2n) is 11.6. The van der Waals surface area contributed by atoms with Crippen LogP contribution in [-0.4, -0.2) is 69.8 Å². The lowest BCUT2D eigenvalue weighted by molar-refractivity contribution is -0.307. The van der Waals surface area contributed by atoms with Gasteiger partial charge in [-0.15, -0.1) is 0 Å². The first-order valence-corrected chi connectivity index (χ1v) is 15.6. The Morgan fingerprint density at radius 1 is 0.848 bits per heavy atom. The minimum absolute atomic E-state index is 0.0151. The maximum atomic E-state index is 11.6. The van der Waals surface area contributed by atoms with E-state index in [9.17, 15) is 24.8 Å². The molecule has 33 heavy (non-hydrogen) atoms. The van der Waals surface area contributed by atoms with E-state index < -0.39 is 38.1 Å². The Balaban J connectivity index is 1.21. The van der Waals surface area contributed by atoms with Crippen LogP contribution in [0.4, 0.5) is 0 Å². The van der Waals surface area contributed by atoms with Crippen molar-refractivity contribution in [2.75, 3.05) is 12.8 Å². The first-order chi connectivity index (χ1) is 15.7. The third-order valence-electron chi connectivity index (χ3n) is 8.94. The normalized spacial score (nSPS) is 44.7. The smallest absolute Gasteiger partial charge is 0.197 e. The summed E-state index contributed by atoms with van der Waals surface area (Å²) in [7, 11) is -3.26. The largest absolute Gasteiger partial charge is 0.388 e. The summed E-state index contributed by atoms with van der Waals surface area (Å²) in [5.74, 6) is 3.43. The molecule has 4 fully saturated rings. The van der Waals surface area contributed by atoms with E-state index in [4.69, 9.17) is 9.47 Å². The van der Waals surface area contributed by atoms with Crippen molar-refractivity contribution in [2.45, 2.75) is 120 Å². The molecular formula is C25H45O7P. The zero-order chi connectivity index (χ0) is 23.6. The van der Waals surface area contributed by atoms with Gasteiger partial charge in [-0.3, -0.25) is 4.57 Å². The fourth-order valence-corrected chi connectivity index (χ4v) is 7.72. The summed E-state index contributed by atoms with van der Waals surface area (Å²) in [4.78, 5) is 9.56. The molecule has 4 rings (SSSR count). The molecule has 0 aromatic heterocycles. The van der Waals surface area contributed by atoms with Crippen molar-refractivity contribution in [3.8, 4) is 0 Å². The molecule has 3 saturated carbocycles. The zero-order valence-electron chi connectivity index (χ0n) is 20.1.